The van der Waals surface area contributed by atoms with Gasteiger partial charge in [-0.2, -0.15) is 0 Å². The van der Waals surface area contributed by atoms with Crippen LogP contribution in [0.15, 0.2) is 59.7 Å². The summed E-state index contributed by atoms with van der Waals surface area (Å²) in [4.78, 5) is 0. The molecule has 0 saturated carbocycles. The van der Waals surface area contributed by atoms with Crippen LogP contribution >= 0.6 is 0 Å². The van der Waals surface area contributed by atoms with Crippen molar-refractivity contribution in [3.63, 3.8) is 0 Å². The summed E-state index contributed by atoms with van der Waals surface area (Å²) >= 11 is 0. The molecule has 3 rings (SSSR count). The van der Waals surface area contributed by atoms with E-state index in [-0.39, 0.29) is 0 Å². The molecule has 0 unspecified atom stereocenters. The van der Waals surface area contributed by atoms with Crippen LogP contribution in [0.2, 0.25) is 0 Å². The zero-order valence-corrected chi connectivity index (χ0v) is 22.0. The van der Waals surface area contributed by atoms with Gasteiger partial charge in [0.1, 0.15) is 0 Å². The van der Waals surface area contributed by atoms with Crippen molar-refractivity contribution in [3.05, 3.63) is 87.5 Å². The minimum atomic E-state index is 0.919. The Bertz CT molecular complexity index is 990. The van der Waals surface area contributed by atoms with Gasteiger partial charge in [-0.05, 0) is 80.3 Å². The molecule has 0 spiro atoms. The average molecular weight is 457 g/mol. The van der Waals surface area contributed by atoms with Crippen LogP contribution in [0.4, 0.5) is 0 Å². The summed E-state index contributed by atoms with van der Waals surface area (Å²) in [6, 6.07) is 17.8. The van der Waals surface area contributed by atoms with Crippen molar-refractivity contribution in [2.45, 2.75) is 105 Å². The van der Waals surface area contributed by atoms with Gasteiger partial charge in [0.25, 0.3) is 0 Å². The second kappa shape index (κ2) is 13.4. The second-order valence-electron chi connectivity index (χ2n) is 9.73. The highest BCUT2D eigenvalue weighted by molar-refractivity contribution is 5.82. The Kier molecular flexibility index (Phi) is 10.3. The van der Waals surface area contributed by atoms with Gasteiger partial charge < -0.3 is 5.53 Å². The first-order chi connectivity index (χ1) is 16.6. The van der Waals surface area contributed by atoms with Gasteiger partial charge in [-0.3, -0.25) is 0 Å². The first kappa shape index (κ1) is 26.1. The monoisotopic (exact) mass is 456 g/mol. The molecule has 34 heavy (non-hydrogen) atoms. The highest BCUT2D eigenvalue weighted by Crippen LogP contribution is 2.43. The van der Waals surface area contributed by atoms with E-state index < -0.39 is 0 Å². The number of allylic oxidation sites excluding steroid dienone is 2. The van der Waals surface area contributed by atoms with Gasteiger partial charge in [0.15, 0.2) is 0 Å². The fourth-order valence-corrected chi connectivity index (χ4v) is 5.05. The summed E-state index contributed by atoms with van der Waals surface area (Å²) in [6.45, 7) is 8.95. The Hall–Kier alpha value is -2.48. The number of rotatable bonds is 14. The smallest absolute Gasteiger partial charge is 0.211 e. The van der Waals surface area contributed by atoms with Crippen LogP contribution in [-0.2, 0) is 12.8 Å². The predicted octanol–water partition coefficient (Wildman–Crippen LogP) is 9.92. The number of benzene rings is 2. The van der Waals surface area contributed by atoms with Crippen LogP contribution in [-0.4, -0.2) is 4.70 Å². The molecule has 182 valence electrons. The third-order valence-corrected chi connectivity index (χ3v) is 7.09. The molecule has 0 aliphatic carbocycles. The minimum absolute atomic E-state index is 0.919. The average Bonchev–Trinajstić information content (AvgIpc) is 3.15. The molecule has 0 fully saturated rings. The van der Waals surface area contributed by atoms with Crippen molar-refractivity contribution >= 4 is 11.4 Å². The molecule has 1 aliphatic heterocycles. The lowest BCUT2D eigenvalue weighted by Crippen LogP contribution is -2.03. The lowest BCUT2D eigenvalue weighted by atomic mass is 9.93. The third kappa shape index (κ3) is 6.34. The highest BCUT2D eigenvalue weighted by atomic mass is 15.2. The fraction of sp³-hybridized carbons (Fsp3) is 0.500. The van der Waals surface area contributed by atoms with Crippen molar-refractivity contribution in [2.24, 2.45) is 0 Å². The molecule has 0 radical (unpaired) electrons. The highest BCUT2D eigenvalue weighted by Gasteiger charge is 2.34. The first-order valence-corrected chi connectivity index (χ1v) is 13.8. The largest absolute Gasteiger partial charge is 0.493 e. The number of aryl methyl sites for hydroxylation is 2. The molecule has 2 aromatic rings. The summed E-state index contributed by atoms with van der Waals surface area (Å²) in [6.07, 6.45) is 14.0. The van der Waals surface area contributed by atoms with E-state index >= 15 is 0 Å². The van der Waals surface area contributed by atoms with Crippen molar-refractivity contribution in [1.29, 1.82) is 0 Å². The van der Waals surface area contributed by atoms with Gasteiger partial charge in [0.05, 0.1) is 0 Å². The normalized spacial score (nSPS) is 13.9. The standard InChI is InChI=1S/C32H44N2/c1-5-9-12-13-15-26-19-23-28(24-20-26)32-30(16-11-7-3)29(8-4)31(34(32)33)27-21-17-25(18-22-27)14-10-6-2/h17-24H,5-16H2,1-4H3. The summed E-state index contributed by atoms with van der Waals surface area (Å²) in [5.41, 5.74) is 21.1. The van der Waals surface area contributed by atoms with Crippen LogP contribution in [0.5, 0.6) is 0 Å². The first-order valence-electron chi connectivity index (χ1n) is 13.8. The second-order valence-corrected chi connectivity index (χ2v) is 9.73. The van der Waals surface area contributed by atoms with Crippen LogP contribution in [0.1, 0.15) is 114 Å². The molecule has 1 heterocycles. The summed E-state index contributed by atoms with van der Waals surface area (Å²) in [5, 5.41) is 0. The maximum absolute atomic E-state index is 11.5. The van der Waals surface area contributed by atoms with Gasteiger partial charge in [-0.1, -0.05) is 84.1 Å². The van der Waals surface area contributed by atoms with Crippen molar-refractivity contribution in [1.82, 2.24) is 0 Å². The molecule has 0 amide bonds. The Morgan fingerprint density at radius 3 is 1.50 bits per heavy atom. The van der Waals surface area contributed by atoms with Crippen LogP contribution in [0.25, 0.3) is 16.9 Å². The molecule has 0 aromatic heterocycles. The van der Waals surface area contributed by atoms with Crippen molar-refractivity contribution in [2.75, 3.05) is 0 Å². The van der Waals surface area contributed by atoms with E-state index in [0.29, 0.717) is 0 Å². The summed E-state index contributed by atoms with van der Waals surface area (Å²) < 4.78 is 1.49. The molecule has 2 heteroatoms. The van der Waals surface area contributed by atoms with E-state index in [9.17, 15) is 5.53 Å². The fourth-order valence-electron chi connectivity index (χ4n) is 5.05. The van der Waals surface area contributed by atoms with Crippen LogP contribution in [0, 0.1) is 0 Å². The summed E-state index contributed by atoms with van der Waals surface area (Å²) in [5.74, 6) is 0. The quantitative estimate of drug-likeness (QED) is 0.200. The Labute approximate surface area is 208 Å². The molecule has 2 aromatic carbocycles. The molecular weight excluding hydrogens is 412 g/mol. The van der Waals surface area contributed by atoms with Gasteiger partial charge in [0.2, 0.25) is 11.4 Å². The zero-order chi connectivity index (χ0) is 24.3. The Balaban J connectivity index is 1.90. The van der Waals surface area contributed by atoms with E-state index in [4.69, 9.17) is 0 Å². The Morgan fingerprint density at radius 1 is 0.529 bits per heavy atom. The van der Waals surface area contributed by atoms with Crippen LogP contribution in [0.3, 0.4) is 0 Å². The van der Waals surface area contributed by atoms with Crippen molar-refractivity contribution in [3.8, 4) is 0 Å². The molecule has 0 N–H and O–H groups in total. The molecule has 0 bridgehead atoms. The van der Waals surface area contributed by atoms with E-state index in [1.807, 2.05) is 0 Å². The van der Waals surface area contributed by atoms with E-state index in [1.54, 1.807) is 0 Å². The molecule has 0 saturated heterocycles. The molecule has 1 aliphatic rings. The van der Waals surface area contributed by atoms with Gasteiger partial charge >= 0.3 is 0 Å². The van der Waals surface area contributed by atoms with Gasteiger partial charge in [0, 0.05) is 22.3 Å². The minimum Gasteiger partial charge on any atom is -0.493 e. The van der Waals surface area contributed by atoms with Crippen LogP contribution < -0.4 is 0 Å². The predicted molar refractivity (Wildman–Crippen MR) is 147 cm³/mol. The van der Waals surface area contributed by atoms with E-state index in [1.165, 1.54) is 65.5 Å². The van der Waals surface area contributed by atoms with Crippen molar-refractivity contribution < 1.29 is 4.70 Å². The van der Waals surface area contributed by atoms with E-state index in [0.717, 1.165) is 61.0 Å². The number of nitrogens with zero attached hydrogens (tertiary/aromatic N) is 2. The third-order valence-electron chi connectivity index (χ3n) is 7.09. The Morgan fingerprint density at radius 2 is 1.00 bits per heavy atom. The van der Waals surface area contributed by atoms with Gasteiger partial charge in [-0.15, -0.1) is 0 Å². The topological polar surface area (TPSA) is 25.3 Å². The molecule has 2 nitrogen and oxygen atoms in total. The SMILES string of the molecule is CCCCCCc1ccc(C2=C(CCCC)C(CC)=C(c3ccc(CCCC)cc3)[N+]2=[N-])cc1. The molecular formula is C32H44N2. The zero-order valence-electron chi connectivity index (χ0n) is 22.0. The lowest BCUT2D eigenvalue weighted by molar-refractivity contribution is -0.345. The van der Waals surface area contributed by atoms with E-state index in [2.05, 4.69) is 76.2 Å². The number of unbranched alkanes of at least 4 members (excludes halogenated alkanes) is 5. The lowest BCUT2D eigenvalue weighted by Gasteiger charge is -2.11. The molecule has 0 atom stereocenters. The number of hydrogen-bond acceptors (Lipinski definition) is 0. The number of hydrogen-bond donors (Lipinski definition) is 0. The maximum atomic E-state index is 11.5. The maximum Gasteiger partial charge on any atom is 0.211 e. The van der Waals surface area contributed by atoms with Gasteiger partial charge in [-0.25, -0.2) is 4.70 Å². The summed E-state index contributed by atoms with van der Waals surface area (Å²) in [7, 11) is 0.